The molecule has 20 heavy (non-hydrogen) atoms. The molecule has 7 heteroatoms. The summed E-state index contributed by atoms with van der Waals surface area (Å²) in [5, 5.41) is 4.13. The first kappa shape index (κ1) is 15.3. The summed E-state index contributed by atoms with van der Waals surface area (Å²) in [4.78, 5) is 12.6. The van der Waals surface area contributed by atoms with Crippen LogP contribution in [0.5, 0.6) is 0 Å². The van der Waals surface area contributed by atoms with E-state index in [1.54, 1.807) is 18.0 Å². The Labute approximate surface area is 132 Å². The smallest absolute Gasteiger partial charge is 0.213 e. The molecule has 0 saturated heterocycles. The Morgan fingerprint density at radius 2 is 2.15 bits per heavy atom. The number of ether oxygens (including phenoxy) is 1. The Bertz CT molecular complexity index is 643. The van der Waals surface area contributed by atoms with Crippen LogP contribution in [0.1, 0.15) is 16.1 Å². The summed E-state index contributed by atoms with van der Waals surface area (Å²) in [5.74, 6) is -0.641. The number of halogens is 3. The van der Waals surface area contributed by atoms with E-state index in [-0.39, 0.29) is 5.78 Å². The van der Waals surface area contributed by atoms with Crippen molar-refractivity contribution in [1.82, 2.24) is 9.78 Å². The van der Waals surface area contributed by atoms with Crippen LogP contribution in [0.25, 0.3) is 0 Å². The van der Waals surface area contributed by atoms with E-state index in [0.717, 1.165) is 0 Å². The lowest BCUT2D eigenvalue weighted by atomic mass is 10.1. The van der Waals surface area contributed by atoms with Crippen LogP contribution >= 0.6 is 31.9 Å². The molecule has 0 radical (unpaired) electrons. The van der Waals surface area contributed by atoms with Gasteiger partial charge in [-0.05, 0) is 50.1 Å². The first-order chi connectivity index (χ1) is 9.54. The van der Waals surface area contributed by atoms with Crippen LogP contribution in [0, 0.1) is 5.82 Å². The van der Waals surface area contributed by atoms with Gasteiger partial charge in [0, 0.05) is 17.1 Å². The zero-order valence-corrected chi connectivity index (χ0v) is 13.7. The highest BCUT2D eigenvalue weighted by Crippen LogP contribution is 2.25. The molecule has 4 nitrogen and oxygen atoms in total. The summed E-state index contributed by atoms with van der Waals surface area (Å²) < 4.78 is 20.6. The summed E-state index contributed by atoms with van der Waals surface area (Å²) in [5.41, 5.74) is 0.792. The average molecular weight is 406 g/mol. The van der Waals surface area contributed by atoms with Crippen molar-refractivity contribution in [3.8, 4) is 0 Å². The number of carbonyl (C=O) groups excluding carboxylic acids is 1. The van der Waals surface area contributed by atoms with E-state index in [0.29, 0.717) is 33.4 Å². The van der Waals surface area contributed by atoms with Crippen molar-refractivity contribution in [2.24, 2.45) is 0 Å². The van der Waals surface area contributed by atoms with Crippen LogP contribution < -0.4 is 0 Å². The van der Waals surface area contributed by atoms with E-state index in [1.807, 2.05) is 0 Å². The zero-order chi connectivity index (χ0) is 14.7. The molecule has 0 saturated carbocycles. The van der Waals surface area contributed by atoms with Gasteiger partial charge in [-0.1, -0.05) is 0 Å². The molecule has 0 spiro atoms. The number of rotatable bonds is 5. The summed E-state index contributed by atoms with van der Waals surface area (Å²) in [6.45, 7) is 0.904. The van der Waals surface area contributed by atoms with E-state index >= 15 is 0 Å². The van der Waals surface area contributed by atoms with Gasteiger partial charge < -0.3 is 4.74 Å². The molecule has 0 aliphatic rings. The molecule has 0 bridgehead atoms. The summed E-state index contributed by atoms with van der Waals surface area (Å²) in [7, 11) is 1.58. The maximum Gasteiger partial charge on any atom is 0.213 e. The Kier molecular flexibility index (Phi) is 5.06. The first-order valence-electron chi connectivity index (χ1n) is 5.74. The second kappa shape index (κ2) is 6.60. The first-order valence-corrected chi connectivity index (χ1v) is 7.33. The van der Waals surface area contributed by atoms with Gasteiger partial charge in [0.2, 0.25) is 5.78 Å². The third-order valence-electron chi connectivity index (χ3n) is 2.69. The largest absolute Gasteiger partial charge is 0.383 e. The molecule has 0 aliphatic heterocycles. The zero-order valence-electron chi connectivity index (χ0n) is 10.6. The Hall–Kier alpha value is -1.05. The standard InChI is InChI=1S/C13H11Br2FN2O2/c1-20-5-4-18-12(11(15)7-17-18)13(19)9-3-2-8(16)6-10(9)14/h2-3,6-7H,4-5H2,1H3. The monoisotopic (exact) mass is 404 g/mol. The van der Waals surface area contributed by atoms with Gasteiger partial charge in [0.1, 0.15) is 11.5 Å². The molecule has 0 amide bonds. The van der Waals surface area contributed by atoms with Crippen molar-refractivity contribution >= 4 is 37.6 Å². The number of methoxy groups -OCH3 is 1. The van der Waals surface area contributed by atoms with Crippen LogP contribution in [0.2, 0.25) is 0 Å². The van der Waals surface area contributed by atoms with Gasteiger partial charge in [0.05, 0.1) is 23.8 Å². The van der Waals surface area contributed by atoms with Crippen LogP contribution in [-0.4, -0.2) is 29.3 Å². The quantitative estimate of drug-likeness (QED) is 0.716. The molecular formula is C13H11Br2FN2O2. The lowest BCUT2D eigenvalue weighted by molar-refractivity contribution is 0.102. The molecular weight excluding hydrogens is 395 g/mol. The van der Waals surface area contributed by atoms with Crippen LogP contribution in [0.15, 0.2) is 33.3 Å². The van der Waals surface area contributed by atoms with E-state index < -0.39 is 5.82 Å². The maximum absolute atomic E-state index is 13.1. The van der Waals surface area contributed by atoms with Crippen molar-refractivity contribution < 1.29 is 13.9 Å². The number of ketones is 1. The van der Waals surface area contributed by atoms with Crippen LogP contribution in [0.4, 0.5) is 4.39 Å². The van der Waals surface area contributed by atoms with Gasteiger partial charge in [-0.25, -0.2) is 4.39 Å². The average Bonchev–Trinajstić information content (AvgIpc) is 2.77. The molecule has 2 rings (SSSR count). The van der Waals surface area contributed by atoms with E-state index in [2.05, 4.69) is 37.0 Å². The van der Waals surface area contributed by atoms with E-state index in [4.69, 9.17) is 4.74 Å². The lowest BCUT2D eigenvalue weighted by Gasteiger charge is -2.08. The maximum atomic E-state index is 13.1. The second-order valence-corrected chi connectivity index (χ2v) is 5.72. The van der Waals surface area contributed by atoms with Gasteiger partial charge in [0.25, 0.3) is 0 Å². The SMILES string of the molecule is COCCn1ncc(Br)c1C(=O)c1ccc(F)cc1Br. The third kappa shape index (κ3) is 3.16. The van der Waals surface area contributed by atoms with E-state index in [1.165, 1.54) is 18.2 Å². The summed E-state index contributed by atoms with van der Waals surface area (Å²) >= 11 is 6.52. The number of hydrogen-bond donors (Lipinski definition) is 0. The Morgan fingerprint density at radius 1 is 1.40 bits per heavy atom. The molecule has 106 valence electrons. The Balaban J connectivity index is 2.40. The number of nitrogens with zero attached hydrogens (tertiary/aromatic N) is 2. The van der Waals surface area contributed by atoms with Gasteiger partial charge in [0.15, 0.2) is 0 Å². The summed E-state index contributed by atoms with van der Waals surface area (Å²) in [6.07, 6.45) is 1.56. The number of aromatic nitrogens is 2. The molecule has 1 aromatic heterocycles. The number of carbonyl (C=O) groups is 1. The lowest BCUT2D eigenvalue weighted by Crippen LogP contribution is -2.15. The predicted molar refractivity (Wildman–Crippen MR) is 79.3 cm³/mol. The minimum atomic E-state index is -0.402. The van der Waals surface area contributed by atoms with Gasteiger partial charge in [-0.2, -0.15) is 5.10 Å². The number of hydrogen-bond acceptors (Lipinski definition) is 3. The van der Waals surface area contributed by atoms with Crippen molar-refractivity contribution in [3.63, 3.8) is 0 Å². The molecule has 1 aromatic carbocycles. The molecule has 0 aliphatic carbocycles. The van der Waals surface area contributed by atoms with Crippen molar-refractivity contribution in [2.45, 2.75) is 6.54 Å². The Morgan fingerprint density at radius 3 is 2.80 bits per heavy atom. The molecule has 2 aromatic rings. The topological polar surface area (TPSA) is 44.1 Å². The fourth-order valence-electron chi connectivity index (χ4n) is 1.74. The van der Waals surface area contributed by atoms with Crippen molar-refractivity contribution in [2.75, 3.05) is 13.7 Å². The third-order valence-corrected chi connectivity index (χ3v) is 3.93. The highest BCUT2D eigenvalue weighted by molar-refractivity contribution is 9.10. The van der Waals surface area contributed by atoms with Gasteiger partial charge in [-0.3, -0.25) is 9.48 Å². The fourth-order valence-corrected chi connectivity index (χ4v) is 2.74. The molecule has 0 fully saturated rings. The van der Waals surface area contributed by atoms with Gasteiger partial charge >= 0.3 is 0 Å². The van der Waals surface area contributed by atoms with Crippen molar-refractivity contribution in [1.29, 1.82) is 0 Å². The summed E-state index contributed by atoms with van der Waals surface area (Å²) in [6, 6.07) is 3.96. The van der Waals surface area contributed by atoms with Crippen LogP contribution in [-0.2, 0) is 11.3 Å². The highest BCUT2D eigenvalue weighted by Gasteiger charge is 2.21. The predicted octanol–water partition coefficient (Wildman–Crippen LogP) is 3.42. The highest BCUT2D eigenvalue weighted by atomic mass is 79.9. The molecule has 1 heterocycles. The molecule has 0 atom stereocenters. The van der Waals surface area contributed by atoms with Gasteiger partial charge in [-0.15, -0.1) is 0 Å². The minimum Gasteiger partial charge on any atom is -0.383 e. The minimum absolute atomic E-state index is 0.239. The van der Waals surface area contributed by atoms with E-state index in [9.17, 15) is 9.18 Å². The normalized spacial score (nSPS) is 10.8. The second-order valence-electron chi connectivity index (χ2n) is 4.01. The number of benzene rings is 1. The molecule has 0 unspecified atom stereocenters. The molecule has 0 N–H and O–H groups in total. The fraction of sp³-hybridized carbons (Fsp3) is 0.231. The van der Waals surface area contributed by atoms with Crippen LogP contribution in [0.3, 0.4) is 0 Å². The van der Waals surface area contributed by atoms with Crippen molar-refractivity contribution in [3.05, 3.63) is 50.4 Å².